The molecular weight excluding hydrogens is 468 g/mol. The number of hydrogen-bond donors (Lipinski definition) is 0. The molecule has 7 nitrogen and oxygen atoms in total. The highest BCUT2D eigenvalue weighted by atomic mass is 79.9. The van der Waals surface area contributed by atoms with E-state index in [9.17, 15) is 13.2 Å². The summed E-state index contributed by atoms with van der Waals surface area (Å²) in [6.07, 6.45) is 0. The van der Waals surface area contributed by atoms with Gasteiger partial charge in [0.05, 0.1) is 17.5 Å². The Labute approximate surface area is 177 Å². The fraction of sp³-hybridized carbons (Fsp3) is 0.389. The molecule has 2 heterocycles. The summed E-state index contributed by atoms with van der Waals surface area (Å²) in [5.41, 5.74) is 0.485. The van der Waals surface area contributed by atoms with Crippen LogP contribution in [-0.4, -0.2) is 63.4 Å². The first-order valence-corrected chi connectivity index (χ1v) is 11.8. The second kappa shape index (κ2) is 8.81. The van der Waals surface area contributed by atoms with Crippen molar-refractivity contribution < 1.29 is 22.7 Å². The fourth-order valence-corrected chi connectivity index (χ4v) is 6.54. The quantitative estimate of drug-likeness (QED) is 0.624. The van der Waals surface area contributed by atoms with Crippen LogP contribution in [0.5, 0.6) is 11.5 Å². The van der Waals surface area contributed by atoms with Crippen molar-refractivity contribution in [1.29, 1.82) is 0 Å². The molecule has 1 amide bonds. The smallest absolute Gasteiger partial charge is 0.254 e. The minimum atomic E-state index is -3.53. The molecule has 10 heteroatoms. The summed E-state index contributed by atoms with van der Waals surface area (Å²) in [6, 6.07) is 8.37. The number of piperazine rings is 1. The van der Waals surface area contributed by atoms with Crippen LogP contribution in [0.25, 0.3) is 0 Å². The molecule has 1 aliphatic heterocycles. The summed E-state index contributed by atoms with van der Waals surface area (Å²) in [5.74, 6) is 0.925. The van der Waals surface area contributed by atoms with Crippen LogP contribution in [-0.2, 0) is 10.0 Å². The Hall–Kier alpha value is -1.62. The van der Waals surface area contributed by atoms with Gasteiger partial charge in [0, 0.05) is 31.7 Å². The lowest BCUT2D eigenvalue weighted by atomic mass is 10.1. The predicted octanol–water partition coefficient (Wildman–Crippen LogP) is 3.06. The molecule has 0 aliphatic carbocycles. The summed E-state index contributed by atoms with van der Waals surface area (Å²) in [7, 11) is -2.00. The molecule has 0 spiro atoms. The van der Waals surface area contributed by atoms with Gasteiger partial charge >= 0.3 is 0 Å². The van der Waals surface area contributed by atoms with E-state index in [1.807, 2.05) is 6.92 Å². The van der Waals surface area contributed by atoms with Crippen molar-refractivity contribution in [2.24, 2.45) is 0 Å². The minimum absolute atomic E-state index is 0.155. The number of hydrogen-bond acceptors (Lipinski definition) is 6. The van der Waals surface area contributed by atoms with Gasteiger partial charge in [0.1, 0.15) is 4.21 Å². The van der Waals surface area contributed by atoms with Crippen LogP contribution >= 0.6 is 27.3 Å². The lowest BCUT2D eigenvalue weighted by Crippen LogP contribution is -2.50. The molecule has 2 aromatic rings. The Morgan fingerprint density at radius 1 is 1.14 bits per heavy atom. The van der Waals surface area contributed by atoms with Gasteiger partial charge < -0.3 is 14.4 Å². The maximum absolute atomic E-state index is 12.8. The first-order valence-electron chi connectivity index (χ1n) is 8.72. The van der Waals surface area contributed by atoms with E-state index in [-0.39, 0.29) is 19.0 Å². The number of thiophene rings is 1. The van der Waals surface area contributed by atoms with E-state index in [0.29, 0.717) is 41.0 Å². The number of amides is 1. The van der Waals surface area contributed by atoms with Gasteiger partial charge in [-0.3, -0.25) is 4.79 Å². The third kappa shape index (κ3) is 4.35. The van der Waals surface area contributed by atoms with Gasteiger partial charge in [-0.05, 0) is 53.2 Å². The lowest BCUT2D eigenvalue weighted by Gasteiger charge is -2.33. The molecule has 0 bridgehead atoms. The number of halogens is 1. The number of rotatable bonds is 6. The number of carbonyl (C=O) groups is 1. The zero-order valence-corrected chi connectivity index (χ0v) is 18.8. The first-order chi connectivity index (χ1) is 13.4. The molecule has 1 aromatic heterocycles. The summed E-state index contributed by atoms with van der Waals surface area (Å²) in [4.78, 5) is 14.5. The largest absolute Gasteiger partial charge is 0.493 e. The van der Waals surface area contributed by atoms with E-state index in [1.165, 1.54) is 22.8 Å². The highest BCUT2D eigenvalue weighted by molar-refractivity contribution is 9.11. The molecule has 1 saturated heterocycles. The van der Waals surface area contributed by atoms with Gasteiger partial charge in [0.2, 0.25) is 0 Å². The van der Waals surface area contributed by atoms with Gasteiger partial charge in [-0.1, -0.05) is 0 Å². The number of sulfonamides is 1. The average molecular weight is 489 g/mol. The second-order valence-electron chi connectivity index (χ2n) is 6.05. The monoisotopic (exact) mass is 488 g/mol. The Morgan fingerprint density at radius 3 is 2.43 bits per heavy atom. The van der Waals surface area contributed by atoms with Crippen molar-refractivity contribution in [3.05, 3.63) is 39.7 Å². The Kier molecular flexibility index (Phi) is 6.64. The van der Waals surface area contributed by atoms with Crippen molar-refractivity contribution in [2.75, 3.05) is 39.9 Å². The number of nitrogens with zero attached hydrogens (tertiary/aromatic N) is 2. The van der Waals surface area contributed by atoms with E-state index in [1.54, 1.807) is 35.2 Å². The molecule has 28 heavy (non-hydrogen) atoms. The van der Waals surface area contributed by atoms with E-state index in [4.69, 9.17) is 9.47 Å². The van der Waals surface area contributed by atoms with Crippen LogP contribution in [0, 0.1) is 0 Å². The zero-order chi connectivity index (χ0) is 20.3. The SMILES string of the molecule is CCOc1ccc(C(=O)N2CCN(S(=O)(=O)c3ccc(Br)s3)CC2)cc1OC. The zero-order valence-electron chi connectivity index (χ0n) is 15.6. The average Bonchev–Trinajstić information content (AvgIpc) is 3.15. The third-order valence-electron chi connectivity index (χ3n) is 4.38. The van der Waals surface area contributed by atoms with Gasteiger partial charge in [-0.15, -0.1) is 11.3 Å². The van der Waals surface area contributed by atoms with Crippen molar-refractivity contribution in [3.63, 3.8) is 0 Å². The molecule has 0 radical (unpaired) electrons. The molecule has 3 rings (SSSR count). The molecule has 1 aliphatic rings. The summed E-state index contributed by atoms with van der Waals surface area (Å²) < 4.78 is 38.7. The fourth-order valence-electron chi connectivity index (χ4n) is 2.95. The van der Waals surface area contributed by atoms with Crippen LogP contribution in [0.3, 0.4) is 0 Å². The van der Waals surface area contributed by atoms with Gasteiger partial charge in [-0.2, -0.15) is 4.31 Å². The van der Waals surface area contributed by atoms with Crippen molar-refractivity contribution in [2.45, 2.75) is 11.1 Å². The van der Waals surface area contributed by atoms with Crippen LogP contribution in [0.4, 0.5) is 0 Å². The van der Waals surface area contributed by atoms with Crippen LogP contribution < -0.4 is 9.47 Å². The maximum atomic E-state index is 12.8. The van der Waals surface area contributed by atoms with E-state index >= 15 is 0 Å². The molecule has 0 N–H and O–H groups in total. The number of carbonyl (C=O) groups excluding carboxylic acids is 1. The highest BCUT2D eigenvalue weighted by Gasteiger charge is 2.31. The molecule has 0 atom stereocenters. The third-order valence-corrected chi connectivity index (χ3v) is 8.37. The molecule has 0 unspecified atom stereocenters. The lowest BCUT2D eigenvalue weighted by molar-refractivity contribution is 0.0697. The van der Waals surface area contributed by atoms with Gasteiger partial charge in [-0.25, -0.2) is 8.42 Å². The van der Waals surface area contributed by atoms with E-state index in [2.05, 4.69) is 15.9 Å². The normalized spacial score (nSPS) is 15.5. The van der Waals surface area contributed by atoms with Gasteiger partial charge in [0.25, 0.3) is 15.9 Å². The number of ether oxygens (including phenoxy) is 2. The Balaban J connectivity index is 1.68. The molecule has 152 valence electrons. The van der Waals surface area contributed by atoms with Crippen molar-refractivity contribution in [3.8, 4) is 11.5 Å². The van der Waals surface area contributed by atoms with Crippen LogP contribution in [0.15, 0.2) is 38.3 Å². The predicted molar refractivity (Wildman–Crippen MR) is 111 cm³/mol. The molecule has 1 aromatic carbocycles. The molecule has 1 fully saturated rings. The summed E-state index contributed by atoms with van der Waals surface area (Å²) in [6.45, 7) is 3.57. The number of benzene rings is 1. The summed E-state index contributed by atoms with van der Waals surface area (Å²) in [5, 5.41) is 0. The van der Waals surface area contributed by atoms with Crippen molar-refractivity contribution >= 4 is 43.2 Å². The number of methoxy groups -OCH3 is 1. The minimum Gasteiger partial charge on any atom is -0.493 e. The standard InChI is InChI=1S/C18H21BrN2O5S2/c1-3-26-14-5-4-13(12-15(14)25-2)18(22)20-8-10-21(11-9-20)28(23,24)17-7-6-16(19)27-17/h4-7,12H,3,8-11H2,1-2H3. The van der Waals surface area contributed by atoms with Gasteiger partial charge in [0.15, 0.2) is 11.5 Å². The van der Waals surface area contributed by atoms with E-state index in [0.717, 1.165) is 3.79 Å². The molecular formula is C18H21BrN2O5S2. The first kappa shape index (κ1) is 21.1. The topological polar surface area (TPSA) is 76.2 Å². The van der Waals surface area contributed by atoms with Crippen molar-refractivity contribution in [1.82, 2.24) is 9.21 Å². The maximum Gasteiger partial charge on any atom is 0.254 e. The van der Waals surface area contributed by atoms with E-state index < -0.39 is 10.0 Å². The summed E-state index contributed by atoms with van der Waals surface area (Å²) >= 11 is 4.48. The Morgan fingerprint density at radius 2 is 1.86 bits per heavy atom. The highest BCUT2D eigenvalue weighted by Crippen LogP contribution is 2.30. The van der Waals surface area contributed by atoms with Crippen LogP contribution in [0.2, 0.25) is 0 Å². The van der Waals surface area contributed by atoms with Crippen LogP contribution in [0.1, 0.15) is 17.3 Å². The molecule has 0 saturated carbocycles. The Bertz CT molecular complexity index is 953. The second-order valence-corrected chi connectivity index (χ2v) is 10.7.